The molecule has 94 valence electrons. The first-order valence-electron chi connectivity index (χ1n) is 5.88. The van der Waals surface area contributed by atoms with Crippen molar-refractivity contribution in [1.82, 2.24) is 9.88 Å². The summed E-state index contributed by atoms with van der Waals surface area (Å²) in [6.07, 6.45) is 2.80. The topological polar surface area (TPSA) is 45.3 Å². The number of aromatic amines is 1. The molecule has 1 fully saturated rings. The van der Waals surface area contributed by atoms with Crippen molar-refractivity contribution in [3.8, 4) is 0 Å². The highest BCUT2D eigenvalue weighted by Gasteiger charge is 2.30. The van der Waals surface area contributed by atoms with E-state index in [9.17, 15) is 4.79 Å². The summed E-state index contributed by atoms with van der Waals surface area (Å²) in [7, 11) is 0. The maximum absolute atomic E-state index is 12.3. The number of morpholine rings is 1. The van der Waals surface area contributed by atoms with E-state index in [1.54, 1.807) is 6.20 Å². The van der Waals surface area contributed by atoms with Gasteiger partial charge in [-0.3, -0.25) is 4.79 Å². The highest BCUT2D eigenvalue weighted by atomic mass is 79.9. The molecule has 4 nitrogen and oxygen atoms in total. The van der Waals surface area contributed by atoms with Gasteiger partial charge in [0, 0.05) is 17.2 Å². The van der Waals surface area contributed by atoms with Crippen LogP contribution >= 0.6 is 15.9 Å². The van der Waals surface area contributed by atoms with Crippen LogP contribution in [0.3, 0.4) is 0 Å². The fraction of sp³-hybridized carbons (Fsp3) is 0.583. The quantitative estimate of drug-likeness (QED) is 0.912. The molecule has 0 spiro atoms. The Bertz CT molecular complexity index is 405. The van der Waals surface area contributed by atoms with E-state index in [-0.39, 0.29) is 18.1 Å². The molecular formula is C12H17BrN2O2. The highest BCUT2D eigenvalue weighted by molar-refractivity contribution is 9.10. The molecule has 0 saturated carbocycles. The number of nitrogens with one attached hydrogen (secondary N) is 1. The van der Waals surface area contributed by atoms with Crippen LogP contribution in [-0.2, 0) is 4.74 Å². The Labute approximate surface area is 109 Å². The molecule has 1 aliphatic heterocycles. The fourth-order valence-electron chi connectivity index (χ4n) is 2.08. The summed E-state index contributed by atoms with van der Waals surface area (Å²) < 4.78 is 6.49. The molecule has 2 unspecified atom stereocenters. The molecular weight excluding hydrogens is 284 g/mol. The third-order valence-electron chi connectivity index (χ3n) is 3.08. The Hall–Kier alpha value is -0.810. The van der Waals surface area contributed by atoms with E-state index in [0.717, 1.165) is 10.9 Å². The van der Waals surface area contributed by atoms with Crippen molar-refractivity contribution >= 4 is 21.8 Å². The molecule has 5 heteroatoms. The minimum atomic E-state index is 0.0534. The average Bonchev–Trinajstić information content (AvgIpc) is 2.75. The SMILES string of the molecule is CCC1COC(C)CN1C(=O)c1cc(Br)c[nH]1. The van der Waals surface area contributed by atoms with Crippen LogP contribution in [0.25, 0.3) is 0 Å². The number of ether oxygens (including phenoxy) is 1. The van der Waals surface area contributed by atoms with Crippen LogP contribution in [0.15, 0.2) is 16.7 Å². The number of amides is 1. The second-order valence-electron chi connectivity index (χ2n) is 4.40. The van der Waals surface area contributed by atoms with E-state index in [0.29, 0.717) is 18.8 Å². The molecule has 1 aromatic rings. The lowest BCUT2D eigenvalue weighted by molar-refractivity contribution is -0.0445. The van der Waals surface area contributed by atoms with E-state index < -0.39 is 0 Å². The predicted octanol–water partition coefficient (Wildman–Crippen LogP) is 2.42. The molecule has 2 atom stereocenters. The van der Waals surface area contributed by atoms with E-state index in [1.165, 1.54) is 0 Å². The Morgan fingerprint density at radius 1 is 1.71 bits per heavy atom. The number of hydrogen-bond acceptors (Lipinski definition) is 2. The zero-order chi connectivity index (χ0) is 12.4. The maximum Gasteiger partial charge on any atom is 0.270 e. The molecule has 0 aromatic carbocycles. The monoisotopic (exact) mass is 300 g/mol. The van der Waals surface area contributed by atoms with E-state index in [2.05, 4.69) is 27.8 Å². The number of carbonyl (C=O) groups excluding carboxylic acids is 1. The summed E-state index contributed by atoms with van der Waals surface area (Å²) in [6, 6.07) is 2.00. The fourth-order valence-corrected chi connectivity index (χ4v) is 2.42. The van der Waals surface area contributed by atoms with Crippen molar-refractivity contribution in [2.45, 2.75) is 32.4 Å². The Kier molecular flexibility index (Phi) is 3.89. The minimum Gasteiger partial charge on any atom is -0.375 e. The second-order valence-corrected chi connectivity index (χ2v) is 5.31. The summed E-state index contributed by atoms with van der Waals surface area (Å²) in [4.78, 5) is 17.2. The lowest BCUT2D eigenvalue weighted by Crippen LogP contribution is -2.51. The maximum atomic E-state index is 12.3. The third kappa shape index (κ3) is 2.72. The summed E-state index contributed by atoms with van der Waals surface area (Å²) >= 11 is 3.34. The largest absolute Gasteiger partial charge is 0.375 e. The van der Waals surface area contributed by atoms with Crippen molar-refractivity contribution in [1.29, 1.82) is 0 Å². The van der Waals surface area contributed by atoms with Crippen molar-refractivity contribution in [2.24, 2.45) is 0 Å². The number of carbonyl (C=O) groups is 1. The van der Waals surface area contributed by atoms with Gasteiger partial charge in [0.05, 0.1) is 18.8 Å². The predicted molar refractivity (Wildman–Crippen MR) is 69.0 cm³/mol. The molecule has 0 aliphatic carbocycles. The van der Waals surface area contributed by atoms with Gasteiger partial charge in [-0.1, -0.05) is 6.92 Å². The summed E-state index contributed by atoms with van der Waals surface area (Å²) in [5.74, 6) is 0.0534. The molecule has 1 aromatic heterocycles. The lowest BCUT2D eigenvalue weighted by Gasteiger charge is -2.38. The van der Waals surface area contributed by atoms with Gasteiger partial charge < -0.3 is 14.6 Å². The van der Waals surface area contributed by atoms with Crippen molar-refractivity contribution < 1.29 is 9.53 Å². The Morgan fingerprint density at radius 3 is 3.06 bits per heavy atom. The van der Waals surface area contributed by atoms with Crippen LogP contribution in [0.1, 0.15) is 30.8 Å². The number of rotatable bonds is 2. The van der Waals surface area contributed by atoms with E-state index in [4.69, 9.17) is 4.74 Å². The van der Waals surface area contributed by atoms with Gasteiger partial charge in [-0.15, -0.1) is 0 Å². The summed E-state index contributed by atoms with van der Waals surface area (Å²) in [5, 5.41) is 0. The zero-order valence-corrected chi connectivity index (χ0v) is 11.7. The van der Waals surface area contributed by atoms with E-state index in [1.807, 2.05) is 17.9 Å². The van der Waals surface area contributed by atoms with Gasteiger partial charge in [0.15, 0.2) is 0 Å². The average molecular weight is 301 g/mol. The second kappa shape index (κ2) is 5.23. The number of H-pyrrole nitrogens is 1. The standard InChI is InChI=1S/C12H17BrN2O2/c1-3-10-7-17-8(2)6-15(10)12(16)11-4-9(13)5-14-11/h4-5,8,10,14H,3,6-7H2,1-2H3. The molecule has 1 saturated heterocycles. The van der Waals surface area contributed by atoms with Gasteiger partial charge >= 0.3 is 0 Å². The van der Waals surface area contributed by atoms with Crippen LogP contribution in [0.4, 0.5) is 0 Å². The normalized spacial score (nSPS) is 25.0. The number of halogens is 1. The van der Waals surface area contributed by atoms with Crippen LogP contribution < -0.4 is 0 Å². The summed E-state index contributed by atoms with van der Waals surface area (Å²) in [6.45, 7) is 5.37. The van der Waals surface area contributed by atoms with Gasteiger partial charge in [-0.2, -0.15) is 0 Å². The Balaban J connectivity index is 2.16. The van der Waals surface area contributed by atoms with Crippen LogP contribution in [0.5, 0.6) is 0 Å². The van der Waals surface area contributed by atoms with Gasteiger partial charge in [0.2, 0.25) is 0 Å². The molecule has 2 heterocycles. The summed E-state index contributed by atoms with van der Waals surface area (Å²) in [5.41, 5.74) is 0.629. The van der Waals surface area contributed by atoms with Gasteiger partial charge in [-0.05, 0) is 35.3 Å². The van der Waals surface area contributed by atoms with Gasteiger partial charge in [0.25, 0.3) is 5.91 Å². The molecule has 1 amide bonds. The first-order valence-corrected chi connectivity index (χ1v) is 6.67. The molecule has 1 aliphatic rings. The van der Waals surface area contributed by atoms with Gasteiger partial charge in [0.1, 0.15) is 5.69 Å². The Morgan fingerprint density at radius 2 is 2.47 bits per heavy atom. The molecule has 0 radical (unpaired) electrons. The van der Waals surface area contributed by atoms with Crippen LogP contribution in [-0.4, -0.2) is 41.1 Å². The van der Waals surface area contributed by atoms with Crippen molar-refractivity contribution in [3.05, 3.63) is 22.4 Å². The number of nitrogens with zero attached hydrogens (tertiary/aromatic N) is 1. The third-order valence-corrected chi connectivity index (χ3v) is 3.54. The molecule has 2 rings (SSSR count). The van der Waals surface area contributed by atoms with Gasteiger partial charge in [-0.25, -0.2) is 0 Å². The number of hydrogen-bond donors (Lipinski definition) is 1. The van der Waals surface area contributed by atoms with Crippen molar-refractivity contribution in [3.63, 3.8) is 0 Å². The first-order chi connectivity index (χ1) is 8.11. The minimum absolute atomic E-state index is 0.0534. The van der Waals surface area contributed by atoms with E-state index >= 15 is 0 Å². The molecule has 1 N–H and O–H groups in total. The zero-order valence-electron chi connectivity index (χ0n) is 10.1. The molecule has 0 bridgehead atoms. The van der Waals surface area contributed by atoms with Crippen LogP contribution in [0.2, 0.25) is 0 Å². The smallest absolute Gasteiger partial charge is 0.270 e. The first kappa shape index (κ1) is 12.6. The highest BCUT2D eigenvalue weighted by Crippen LogP contribution is 2.19. The van der Waals surface area contributed by atoms with Crippen molar-refractivity contribution in [2.75, 3.05) is 13.2 Å². The van der Waals surface area contributed by atoms with Crippen LogP contribution in [0, 0.1) is 0 Å². The molecule has 17 heavy (non-hydrogen) atoms. The lowest BCUT2D eigenvalue weighted by atomic mass is 10.1. The number of aromatic nitrogens is 1.